The van der Waals surface area contributed by atoms with Gasteiger partial charge in [0, 0.05) is 25.7 Å². The van der Waals surface area contributed by atoms with Crippen LogP contribution in [-0.4, -0.2) is 64.8 Å². The maximum atomic E-state index is 10.9. The third-order valence-electron chi connectivity index (χ3n) is 2.96. The fraction of sp³-hybridized carbons (Fsp3) is 0.583. The van der Waals surface area contributed by atoms with Crippen LogP contribution in [0, 0.1) is 0 Å². The van der Waals surface area contributed by atoms with Gasteiger partial charge in [-0.2, -0.15) is 0 Å². The van der Waals surface area contributed by atoms with Crippen LogP contribution >= 0.6 is 0 Å². The molecule has 1 amide bonds. The molecule has 8 heteroatoms. The van der Waals surface area contributed by atoms with Crippen molar-refractivity contribution in [1.82, 2.24) is 14.9 Å². The highest BCUT2D eigenvalue weighted by Crippen LogP contribution is 2.17. The summed E-state index contributed by atoms with van der Waals surface area (Å²) in [7, 11) is 0. The van der Waals surface area contributed by atoms with Gasteiger partial charge in [0.1, 0.15) is 18.2 Å². The van der Waals surface area contributed by atoms with E-state index in [0.717, 1.165) is 13.0 Å². The number of aromatic nitrogens is 2. The highest BCUT2D eigenvalue weighted by Gasteiger charge is 2.25. The number of amides is 1. The van der Waals surface area contributed by atoms with Crippen molar-refractivity contribution in [2.45, 2.75) is 12.5 Å². The molecule has 1 unspecified atom stereocenters. The van der Waals surface area contributed by atoms with Gasteiger partial charge < -0.3 is 20.9 Å². The minimum atomic E-state index is -0.330. The summed E-state index contributed by atoms with van der Waals surface area (Å²) in [5.41, 5.74) is 5.17. The molecule has 1 atom stereocenters. The molecule has 0 bridgehead atoms. The highest BCUT2D eigenvalue weighted by atomic mass is 16.5. The molecular weight excluding hydrogens is 262 g/mol. The zero-order chi connectivity index (χ0) is 14.4. The maximum Gasteiger partial charge on any atom is 0.231 e. The molecule has 8 nitrogen and oxygen atoms in total. The van der Waals surface area contributed by atoms with Crippen LogP contribution in [-0.2, 0) is 4.79 Å². The number of anilines is 1. The molecular formula is C12H19N5O3. The zero-order valence-corrected chi connectivity index (χ0v) is 11.2. The monoisotopic (exact) mass is 281 g/mol. The molecule has 1 saturated heterocycles. The second-order valence-electron chi connectivity index (χ2n) is 4.62. The van der Waals surface area contributed by atoms with Crippen molar-refractivity contribution in [1.29, 1.82) is 0 Å². The van der Waals surface area contributed by atoms with Gasteiger partial charge in [0.05, 0.1) is 13.2 Å². The number of carbonyl (C=O) groups excluding carboxylic acids is 1. The molecule has 1 aliphatic heterocycles. The van der Waals surface area contributed by atoms with Crippen LogP contribution in [0.15, 0.2) is 12.4 Å². The predicted octanol–water partition coefficient (Wildman–Crippen LogP) is -1.18. The van der Waals surface area contributed by atoms with E-state index in [0.29, 0.717) is 24.8 Å². The van der Waals surface area contributed by atoms with E-state index in [1.54, 1.807) is 6.07 Å². The normalized spacial score (nSPS) is 18.9. The molecule has 0 aliphatic carbocycles. The van der Waals surface area contributed by atoms with Crippen LogP contribution in [0.4, 0.5) is 5.82 Å². The topological polar surface area (TPSA) is 114 Å². The second-order valence-corrected chi connectivity index (χ2v) is 4.62. The summed E-state index contributed by atoms with van der Waals surface area (Å²) in [6, 6.07) is 1.69. The van der Waals surface area contributed by atoms with E-state index in [-0.39, 0.29) is 25.2 Å². The van der Waals surface area contributed by atoms with Crippen LogP contribution in [0.1, 0.15) is 6.42 Å². The Morgan fingerprint density at radius 2 is 2.45 bits per heavy atom. The smallest absolute Gasteiger partial charge is 0.231 e. The van der Waals surface area contributed by atoms with Crippen molar-refractivity contribution in [3.8, 4) is 5.88 Å². The lowest BCUT2D eigenvalue weighted by Gasteiger charge is -2.15. The van der Waals surface area contributed by atoms with Gasteiger partial charge in [-0.05, 0) is 6.42 Å². The number of primary amides is 1. The van der Waals surface area contributed by atoms with Crippen molar-refractivity contribution >= 4 is 11.7 Å². The summed E-state index contributed by atoms with van der Waals surface area (Å²) in [5.74, 6) is 0.755. The lowest BCUT2D eigenvalue weighted by Crippen LogP contribution is -2.33. The van der Waals surface area contributed by atoms with Crippen molar-refractivity contribution in [3.05, 3.63) is 12.4 Å². The number of aliphatic hydroxyl groups excluding tert-OH is 1. The summed E-state index contributed by atoms with van der Waals surface area (Å²) < 4.78 is 5.76. The number of likely N-dealkylation sites (tertiary alicyclic amines) is 1. The fourth-order valence-corrected chi connectivity index (χ4v) is 2.11. The number of nitrogens with one attached hydrogen (secondary N) is 1. The van der Waals surface area contributed by atoms with E-state index in [2.05, 4.69) is 15.3 Å². The van der Waals surface area contributed by atoms with Gasteiger partial charge in [0.2, 0.25) is 11.8 Å². The van der Waals surface area contributed by atoms with Crippen LogP contribution in [0.3, 0.4) is 0 Å². The minimum Gasteiger partial charge on any atom is -0.473 e. The van der Waals surface area contributed by atoms with E-state index in [9.17, 15) is 4.79 Å². The number of nitrogens with zero attached hydrogens (tertiary/aromatic N) is 3. The summed E-state index contributed by atoms with van der Waals surface area (Å²) >= 11 is 0. The minimum absolute atomic E-state index is 0.00468. The number of carbonyl (C=O) groups is 1. The van der Waals surface area contributed by atoms with Gasteiger partial charge in [0.15, 0.2) is 0 Å². The number of rotatable bonds is 7. The van der Waals surface area contributed by atoms with Crippen molar-refractivity contribution in [2.75, 3.05) is 38.1 Å². The number of aliphatic hydroxyl groups is 1. The van der Waals surface area contributed by atoms with E-state index in [1.165, 1.54) is 6.33 Å². The highest BCUT2D eigenvalue weighted by molar-refractivity contribution is 5.75. The van der Waals surface area contributed by atoms with Gasteiger partial charge in [-0.25, -0.2) is 9.97 Å². The third kappa shape index (κ3) is 4.32. The van der Waals surface area contributed by atoms with Crippen molar-refractivity contribution in [2.24, 2.45) is 5.73 Å². The number of hydrogen-bond acceptors (Lipinski definition) is 7. The molecule has 0 spiro atoms. The number of hydrogen-bond donors (Lipinski definition) is 3. The molecule has 4 N–H and O–H groups in total. The lowest BCUT2D eigenvalue weighted by molar-refractivity contribution is -0.118. The molecule has 1 aromatic heterocycles. The first-order valence-corrected chi connectivity index (χ1v) is 6.51. The summed E-state index contributed by atoms with van der Waals surface area (Å²) in [6.45, 7) is 2.16. The van der Waals surface area contributed by atoms with Gasteiger partial charge in [0.25, 0.3) is 0 Å². The van der Waals surface area contributed by atoms with Crippen LogP contribution in [0.2, 0.25) is 0 Å². The lowest BCUT2D eigenvalue weighted by atomic mass is 10.3. The SMILES string of the molecule is NC(=O)CN1CCC(Oc2cc(NCCO)ncn2)C1. The molecule has 2 rings (SSSR count). The first-order valence-electron chi connectivity index (χ1n) is 6.51. The molecule has 0 saturated carbocycles. The average Bonchev–Trinajstić information content (AvgIpc) is 2.83. The van der Waals surface area contributed by atoms with E-state index in [4.69, 9.17) is 15.6 Å². The molecule has 1 aromatic rings. The van der Waals surface area contributed by atoms with E-state index in [1.807, 2.05) is 4.90 Å². The van der Waals surface area contributed by atoms with Gasteiger partial charge in [-0.15, -0.1) is 0 Å². The Morgan fingerprint density at radius 1 is 1.60 bits per heavy atom. The zero-order valence-electron chi connectivity index (χ0n) is 11.2. The predicted molar refractivity (Wildman–Crippen MR) is 72.3 cm³/mol. The van der Waals surface area contributed by atoms with Gasteiger partial charge in [-0.3, -0.25) is 9.69 Å². The third-order valence-corrected chi connectivity index (χ3v) is 2.96. The molecule has 0 radical (unpaired) electrons. The molecule has 110 valence electrons. The Bertz CT molecular complexity index is 456. The molecule has 0 aromatic carbocycles. The quantitative estimate of drug-likeness (QED) is 0.576. The Kier molecular flexibility index (Phi) is 5.08. The summed E-state index contributed by atoms with van der Waals surface area (Å²) in [6.07, 6.45) is 2.23. The summed E-state index contributed by atoms with van der Waals surface area (Å²) in [5, 5.41) is 11.7. The van der Waals surface area contributed by atoms with E-state index < -0.39 is 0 Å². The maximum absolute atomic E-state index is 10.9. The molecule has 1 aliphatic rings. The van der Waals surface area contributed by atoms with Crippen LogP contribution in [0.25, 0.3) is 0 Å². The Balaban J connectivity index is 1.86. The fourth-order valence-electron chi connectivity index (χ4n) is 2.11. The van der Waals surface area contributed by atoms with Crippen LogP contribution < -0.4 is 15.8 Å². The number of ether oxygens (including phenoxy) is 1. The first-order chi connectivity index (χ1) is 9.67. The largest absolute Gasteiger partial charge is 0.473 e. The Labute approximate surface area is 117 Å². The standard InChI is InChI=1S/C12H19N5O3/c13-10(19)7-17-3-1-9(6-17)20-12-5-11(14-2-4-18)15-8-16-12/h5,8-9,18H,1-4,6-7H2,(H2,13,19)(H,14,15,16). The Morgan fingerprint density at radius 3 is 3.20 bits per heavy atom. The Hall–Kier alpha value is -1.93. The molecule has 20 heavy (non-hydrogen) atoms. The average molecular weight is 281 g/mol. The van der Waals surface area contributed by atoms with Gasteiger partial charge >= 0.3 is 0 Å². The van der Waals surface area contributed by atoms with Crippen LogP contribution in [0.5, 0.6) is 5.88 Å². The van der Waals surface area contributed by atoms with Crippen molar-refractivity contribution in [3.63, 3.8) is 0 Å². The second kappa shape index (κ2) is 7.01. The van der Waals surface area contributed by atoms with Gasteiger partial charge in [-0.1, -0.05) is 0 Å². The summed E-state index contributed by atoms with van der Waals surface area (Å²) in [4.78, 5) is 20.9. The molecule has 2 heterocycles. The van der Waals surface area contributed by atoms with Crippen molar-refractivity contribution < 1.29 is 14.6 Å². The first kappa shape index (κ1) is 14.5. The number of nitrogens with two attached hydrogens (primary N) is 1. The van der Waals surface area contributed by atoms with E-state index >= 15 is 0 Å². The molecule has 1 fully saturated rings.